The Balaban J connectivity index is 1.76. The summed E-state index contributed by atoms with van der Waals surface area (Å²) in [6.07, 6.45) is 0. The van der Waals surface area contributed by atoms with Crippen LogP contribution in [0.15, 0.2) is 42.5 Å². The fourth-order valence-electron chi connectivity index (χ4n) is 2.07. The maximum atomic E-state index is 5.23. The van der Waals surface area contributed by atoms with Crippen LogP contribution in [0.2, 0.25) is 0 Å². The van der Waals surface area contributed by atoms with E-state index in [-0.39, 0.29) is 0 Å². The molecule has 0 spiro atoms. The summed E-state index contributed by atoms with van der Waals surface area (Å²) in [6.45, 7) is 2.83. The first kappa shape index (κ1) is 12.9. The minimum absolute atomic E-state index is 0.746. The molecule has 1 aromatic heterocycles. The fourth-order valence-corrected chi connectivity index (χ4v) is 2.92. The summed E-state index contributed by atoms with van der Waals surface area (Å²) >= 11 is 1.68. The van der Waals surface area contributed by atoms with E-state index in [2.05, 4.69) is 41.5 Å². The summed E-state index contributed by atoms with van der Waals surface area (Å²) in [5.41, 5.74) is 3.48. The minimum Gasteiger partial charge on any atom is -0.497 e. The van der Waals surface area contributed by atoms with Crippen molar-refractivity contribution in [1.29, 1.82) is 0 Å². The van der Waals surface area contributed by atoms with Gasteiger partial charge in [-0.05, 0) is 42.3 Å². The smallest absolute Gasteiger partial charge is 0.184 e. The molecule has 0 aliphatic rings. The van der Waals surface area contributed by atoms with Crippen LogP contribution in [0.1, 0.15) is 11.1 Å². The van der Waals surface area contributed by atoms with E-state index in [0.717, 1.165) is 22.9 Å². The highest BCUT2D eigenvalue weighted by molar-refractivity contribution is 7.22. The molecule has 0 bridgehead atoms. The van der Waals surface area contributed by atoms with Gasteiger partial charge in [-0.3, -0.25) is 0 Å². The molecule has 102 valence electrons. The van der Waals surface area contributed by atoms with Crippen LogP contribution in [0, 0.1) is 6.92 Å². The van der Waals surface area contributed by atoms with Gasteiger partial charge in [0.25, 0.3) is 0 Å². The molecule has 0 saturated carbocycles. The standard InChI is InChI=1S/C16H16N2OS/c1-11-6-7-15-14(8-11)18-16(20-15)17-10-12-4-3-5-13(9-12)19-2/h3-9H,10H2,1-2H3,(H,17,18). The lowest BCUT2D eigenvalue weighted by molar-refractivity contribution is 0.414. The number of nitrogens with zero attached hydrogens (tertiary/aromatic N) is 1. The number of hydrogen-bond acceptors (Lipinski definition) is 4. The zero-order chi connectivity index (χ0) is 13.9. The fraction of sp³-hybridized carbons (Fsp3) is 0.188. The Kier molecular flexibility index (Phi) is 3.56. The van der Waals surface area contributed by atoms with Crippen LogP contribution < -0.4 is 10.1 Å². The van der Waals surface area contributed by atoms with Gasteiger partial charge in [-0.2, -0.15) is 0 Å². The van der Waals surface area contributed by atoms with E-state index < -0.39 is 0 Å². The van der Waals surface area contributed by atoms with Crippen LogP contribution >= 0.6 is 11.3 Å². The highest BCUT2D eigenvalue weighted by Crippen LogP contribution is 2.27. The Morgan fingerprint density at radius 3 is 2.95 bits per heavy atom. The lowest BCUT2D eigenvalue weighted by Crippen LogP contribution is -1.98. The number of benzene rings is 2. The average Bonchev–Trinajstić information content (AvgIpc) is 2.87. The van der Waals surface area contributed by atoms with Crippen LogP contribution in [0.4, 0.5) is 5.13 Å². The molecule has 1 N–H and O–H groups in total. The minimum atomic E-state index is 0.746. The monoisotopic (exact) mass is 284 g/mol. The molecule has 0 unspecified atom stereocenters. The van der Waals surface area contributed by atoms with Crippen LogP contribution in [-0.2, 0) is 6.54 Å². The number of nitrogens with one attached hydrogen (secondary N) is 1. The van der Waals surface area contributed by atoms with Gasteiger partial charge in [-0.25, -0.2) is 4.98 Å². The largest absolute Gasteiger partial charge is 0.497 e. The van der Waals surface area contributed by atoms with Crippen molar-refractivity contribution in [3.63, 3.8) is 0 Å². The average molecular weight is 284 g/mol. The van der Waals surface area contributed by atoms with Gasteiger partial charge in [0.1, 0.15) is 5.75 Å². The van der Waals surface area contributed by atoms with E-state index in [0.29, 0.717) is 0 Å². The first-order chi connectivity index (χ1) is 9.74. The van der Waals surface area contributed by atoms with Crippen molar-refractivity contribution in [1.82, 2.24) is 4.98 Å². The number of fused-ring (bicyclic) bond motifs is 1. The lowest BCUT2D eigenvalue weighted by Gasteiger charge is -2.05. The van der Waals surface area contributed by atoms with Gasteiger partial charge in [0.2, 0.25) is 0 Å². The van der Waals surface area contributed by atoms with Gasteiger partial charge >= 0.3 is 0 Å². The number of hydrogen-bond donors (Lipinski definition) is 1. The summed E-state index contributed by atoms with van der Waals surface area (Å²) in [5, 5.41) is 4.33. The SMILES string of the molecule is COc1cccc(CNc2nc3cc(C)ccc3s2)c1. The van der Waals surface area contributed by atoms with E-state index in [9.17, 15) is 0 Å². The maximum Gasteiger partial charge on any atom is 0.184 e. The van der Waals surface area contributed by atoms with Crippen molar-refractivity contribution in [3.05, 3.63) is 53.6 Å². The number of anilines is 1. The predicted molar refractivity (Wildman–Crippen MR) is 84.7 cm³/mol. The van der Waals surface area contributed by atoms with E-state index in [1.807, 2.05) is 18.2 Å². The van der Waals surface area contributed by atoms with E-state index in [1.54, 1.807) is 18.4 Å². The van der Waals surface area contributed by atoms with Crippen LogP contribution in [0.3, 0.4) is 0 Å². The molecule has 2 aromatic carbocycles. The first-order valence-electron chi connectivity index (χ1n) is 6.48. The predicted octanol–water partition coefficient (Wildman–Crippen LogP) is 4.23. The Labute approximate surface area is 122 Å². The second kappa shape index (κ2) is 5.51. The summed E-state index contributed by atoms with van der Waals surface area (Å²) in [7, 11) is 1.68. The quantitative estimate of drug-likeness (QED) is 0.778. The number of methoxy groups -OCH3 is 1. The highest BCUT2D eigenvalue weighted by Gasteiger charge is 2.04. The topological polar surface area (TPSA) is 34.1 Å². The number of aromatic nitrogens is 1. The van der Waals surface area contributed by atoms with Crippen molar-refractivity contribution >= 4 is 26.7 Å². The molecule has 20 heavy (non-hydrogen) atoms. The molecule has 0 amide bonds. The third kappa shape index (κ3) is 2.75. The second-order valence-electron chi connectivity index (χ2n) is 4.70. The second-order valence-corrected chi connectivity index (χ2v) is 5.73. The van der Waals surface area contributed by atoms with Crippen molar-refractivity contribution in [2.24, 2.45) is 0 Å². The summed E-state index contributed by atoms with van der Waals surface area (Å²) in [4.78, 5) is 4.61. The molecule has 1 heterocycles. The first-order valence-corrected chi connectivity index (χ1v) is 7.30. The van der Waals surface area contributed by atoms with Gasteiger partial charge in [-0.1, -0.05) is 29.5 Å². The van der Waals surface area contributed by atoms with E-state index in [4.69, 9.17) is 4.74 Å². The Hall–Kier alpha value is -2.07. The van der Waals surface area contributed by atoms with Gasteiger partial charge in [0.15, 0.2) is 5.13 Å². The zero-order valence-electron chi connectivity index (χ0n) is 11.5. The Morgan fingerprint density at radius 1 is 1.20 bits per heavy atom. The van der Waals surface area contributed by atoms with Crippen LogP contribution in [0.25, 0.3) is 10.2 Å². The number of ether oxygens (including phenoxy) is 1. The van der Waals surface area contributed by atoms with Crippen molar-refractivity contribution in [2.45, 2.75) is 13.5 Å². The Morgan fingerprint density at radius 2 is 2.10 bits per heavy atom. The molecule has 0 fully saturated rings. The van der Waals surface area contributed by atoms with Crippen molar-refractivity contribution in [3.8, 4) is 5.75 Å². The highest BCUT2D eigenvalue weighted by atomic mass is 32.1. The third-order valence-corrected chi connectivity index (χ3v) is 4.12. The molecule has 3 aromatic rings. The van der Waals surface area contributed by atoms with E-state index in [1.165, 1.54) is 15.8 Å². The zero-order valence-corrected chi connectivity index (χ0v) is 12.3. The van der Waals surface area contributed by atoms with Gasteiger partial charge in [-0.15, -0.1) is 0 Å². The molecule has 0 aliphatic heterocycles. The van der Waals surface area contributed by atoms with Gasteiger partial charge < -0.3 is 10.1 Å². The summed E-state index contributed by atoms with van der Waals surface area (Å²) in [5.74, 6) is 0.879. The summed E-state index contributed by atoms with van der Waals surface area (Å²) < 4.78 is 6.44. The number of thiazole rings is 1. The Bertz CT molecular complexity index is 736. The molecule has 0 aliphatic carbocycles. The molecule has 4 heteroatoms. The van der Waals surface area contributed by atoms with Crippen molar-refractivity contribution in [2.75, 3.05) is 12.4 Å². The number of rotatable bonds is 4. The molecule has 0 saturated heterocycles. The van der Waals surface area contributed by atoms with E-state index >= 15 is 0 Å². The third-order valence-electron chi connectivity index (χ3n) is 3.12. The molecular formula is C16H16N2OS. The molecule has 3 rings (SSSR count). The lowest BCUT2D eigenvalue weighted by atomic mass is 10.2. The maximum absolute atomic E-state index is 5.23. The normalized spacial score (nSPS) is 10.7. The van der Waals surface area contributed by atoms with Crippen LogP contribution in [0.5, 0.6) is 5.75 Å². The molecule has 0 radical (unpaired) electrons. The molecular weight excluding hydrogens is 268 g/mol. The molecule has 0 atom stereocenters. The van der Waals surface area contributed by atoms with Gasteiger partial charge in [0.05, 0.1) is 17.3 Å². The number of aryl methyl sites for hydroxylation is 1. The van der Waals surface area contributed by atoms with Gasteiger partial charge in [0, 0.05) is 6.54 Å². The van der Waals surface area contributed by atoms with Crippen molar-refractivity contribution < 1.29 is 4.74 Å². The summed E-state index contributed by atoms with van der Waals surface area (Å²) in [6, 6.07) is 14.4. The molecule has 3 nitrogen and oxygen atoms in total. The van der Waals surface area contributed by atoms with Crippen LogP contribution in [-0.4, -0.2) is 12.1 Å².